The molecule has 5 heteroatoms. The van der Waals surface area contributed by atoms with Crippen LogP contribution < -0.4 is 15.8 Å². The smallest absolute Gasteiger partial charge is 0.265 e. The maximum absolute atomic E-state index is 11.6. The minimum atomic E-state index is -0.0881. The summed E-state index contributed by atoms with van der Waals surface area (Å²) in [6.07, 6.45) is 0.874. The summed E-state index contributed by atoms with van der Waals surface area (Å²) in [5.74, 6) is 0.538. The second-order valence-corrected chi connectivity index (χ2v) is 4.21. The quantitative estimate of drug-likeness (QED) is 0.770. The molecule has 1 aliphatic carbocycles. The number of nitrogens with two attached hydrogens (primary N) is 1. The molecule has 1 aromatic rings. The van der Waals surface area contributed by atoms with Crippen LogP contribution in [0.5, 0.6) is 5.75 Å². The number of nitrogens with one attached hydrogen (secondary N) is 1. The Bertz CT molecular complexity index is 350. The molecule has 0 aromatic carbocycles. The van der Waals surface area contributed by atoms with Crippen LogP contribution in [0.2, 0.25) is 0 Å². The van der Waals surface area contributed by atoms with Crippen molar-refractivity contribution in [2.75, 3.05) is 7.11 Å². The molecule has 2 atom stereocenters. The van der Waals surface area contributed by atoms with Crippen molar-refractivity contribution in [3.8, 4) is 5.75 Å². The molecular weight excluding hydrogens is 200 g/mol. The van der Waals surface area contributed by atoms with Crippen LogP contribution in [0.3, 0.4) is 0 Å². The largest absolute Gasteiger partial charge is 0.495 e. The van der Waals surface area contributed by atoms with E-state index < -0.39 is 0 Å². The molecule has 0 spiro atoms. The van der Waals surface area contributed by atoms with Crippen LogP contribution in [0.25, 0.3) is 0 Å². The van der Waals surface area contributed by atoms with Gasteiger partial charge in [0.25, 0.3) is 5.91 Å². The Morgan fingerprint density at radius 2 is 2.50 bits per heavy atom. The summed E-state index contributed by atoms with van der Waals surface area (Å²) in [5, 5.41) is 4.68. The van der Waals surface area contributed by atoms with Crippen LogP contribution in [0, 0.1) is 0 Å². The van der Waals surface area contributed by atoms with Gasteiger partial charge < -0.3 is 15.8 Å². The van der Waals surface area contributed by atoms with E-state index >= 15 is 0 Å². The first-order valence-corrected chi connectivity index (χ1v) is 5.28. The van der Waals surface area contributed by atoms with Gasteiger partial charge in [-0.15, -0.1) is 11.3 Å². The minimum Gasteiger partial charge on any atom is -0.495 e. The van der Waals surface area contributed by atoms with Crippen molar-refractivity contribution >= 4 is 17.2 Å². The zero-order valence-corrected chi connectivity index (χ0v) is 8.64. The van der Waals surface area contributed by atoms with Crippen molar-refractivity contribution in [1.82, 2.24) is 5.32 Å². The lowest BCUT2D eigenvalue weighted by Crippen LogP contribution is -2.29. The van der Waals surface area contributed by atoms with Gasteiger partial charge >= 0.3 is 0 Å². The van der Waals surface area contributed by atoms with Crippen LogP contribution >= 0.6 is 11.3 Å². The lowest BCUT2D eigenvalue weighted by atomic mass is 10.4. The number of methoxy groups -OCH3 is 1. The summed E-state index contributed by atoms with van der Waals surface area (Å²) in [6.45, 7) is 0. The zero-order chi connectivity index (χ0) is 10.1. The molecule has 1 saturated carbocycles. The molecule has 2 unspecified atom stereocenters. The third kappa shape index (κ3) is 1.73. The average molecular weight is 212 g/mol. The molecule has 2 rings (SSSR count). The number of hydrogen-bond donors (Lipinski definition) is 2. The fraction of sp³-hybridized carbons (Fsp3) is 0.444. The van der Waals surface area contributed by atoms with Crippen molar-refractivity contribution < 1.29 is 9.53 Å². The SMILES string of the molecule is COc1ccsc1C(=O)NC1CC1N. The van der Waals surface area contributed by atoms with E-state index in [1.165, 1.54) is 11.3 Å². The number of thiophene rings is 1. The Balaban J connectivity index is 2.03. The van der Waals surface area contributed by atoms with Gasteiger partial charge in [-0.1, -0.05) is 0 Å². The summed E-state index contributed by atoms with van der Waals surface area (Å²) in [6, 6.07) is 2.06. The topological polar surface area (TPSA) is 64.3 Å². The standard InChI is InChI=1S/C9H12N2O2S/c1-13-7-2-3-14-8(7)9(12)11-6-4-5(6)10/h2-3,5-6H,4,10H2,1H3,(H,11,12). The van der Waals surface area contributed by atoms with E-state index in [4.69, 9.17) is 10.5 Å². The molecule has 0 saturated heterocycles. The number of hydrogen-bond acceptors (Lipinski definition) is 4. The summed E-state index contributed by atoms with van der Waals surface area (Å²) in [5.41, 5.74) is 5.60. The van der Waals surface area contributed by atoms with Crippen molar-refractivity contribution in [2.24, 2.45) is 5.73 Å². The van der Waals surface area contributed by atoms with E-state index in [0.717, 1.165) is 6.42 Å². The number of carbonyl (C=O) groups excluding carboxylic acids is 1. The van der Waals surface area contributed by atoms with E-state index in [9.17, 15) is 4.79 Å². The van der Waals surface area contributed by atoms with Crippen LogP contribution in [0.15, 0.2) is 11.4 Å². The lowest BCUT2D eigenvalue weighted by molar-refractivity contribution is 0.0951. The number of rotatable bonds is 3. The first-order valence-electron chi connectivity index (χ1n) is 4.40. The van der Waals surface area contributed by atoms with E-state index in [-0.39, 0.29) is 18.0 Å². The highest BCUT2D eigenvalue weighted by molar-refractivity contribution is 7.12. The summed E-state index contributed by atoms with van der Waals surface area (Å²) >= 11 is 1.38. The Hall–Kier alpha value is -1.07. The van der Waals surface area contributed by atoms with Crippen LogP contribution in [0.4, 0.5) is 0 Å². The highest BCUT2D eigenvalue weighted by Crippen LogP contribution is 2.26. The maximum Gasteiger partial charge on any atom is 0.265 e. The molecule has 0 radical (unpaired) electrons. The first kappa shape index (κ1) is 9.48. The molecule has 1 aromatic heterocycles. The highest BCUT2D eigenvalue weighted by atomic mass is 32.1. The number of ether oxygens (including phenoxy) is 1. The van der Waals surface area contributed by atoms with Gasteiger partial charge in [-0.05, 0) is 17.9 Å². The van der Waals surface area contributed by atoms with Crippen LogP contribution in [0.1, 0.15) is 16.1 Å². The van der Waals surface area contributed by atoms with Crippen molar-refractivity contribution in [2.45, 2.75) is 18.5 Å². The van der Waals surface area contributed by atoms with Gasteiger partial charge in [0, 0.05) is 12.1 Å². The second kappa shape index (κ2) is 3.59. The van der Waals surface area contributed by atoms with Gasteiger partial charge in [0.15, 0.2) is 0 Å². The summed E-state index contributed by atoms with van der Waals surface area (Å²) in [4.78, 5) is 12.3. The van der Waals surface area contributed by atoms with Gasteiger partial charge in [0.1, 0.15) is 10.6 Å². The van der Waals surface area contributed by atoms with E-state index in [1.807, 2.05) is 5.38 Å². The molecule has 76 valence electrons. The van der Waals surface area contributed by atoms with Gasteiger partial charge in [0.2, 0.25) is 0 Å². The monoisotopic (exact) mass is 212 g/mol. The van der Waals surface area contributed by atoms with Crippen molar-refractivity contribution in [1.29, 1.82) is 0 Å². The first-order chi connectivity index (χ1) is 6.72. The minimum absolute atomic E-state index is 0.0881. The van der Waals surface area contributed by atoms with Gasteiger partial charge in [-0.25, -0.2) is 0 Å². The summed E-state index contributed by atoms with van der Waals surface area (Å²) < 4.78 is 5.05. The third-order valence-corrected chi connectivity index (χ3v) is 3.11. The Kier molecular flexibility index (Phi) is 2.43. The fourth-order valence-corrected chi connectivity index (χ4v) is 2.00. The molecule has 1 heterocycles. The predicted octanol–water partition coefficient (Wildman–Crippen LogP) is 0.586. The Morgan fingerprint density at radius 1 is 1.79 bits per heavy atom. The summed E-state index contributed by atoms with van der Waals surface area (Å²) in [7, 11) is 1.56. The molecule has 1 amide bonds. The fourth-order valence-electron chi connectivity index (χ4n) is 1.24. The van der Waals surface area contributed by atoms with Gasteiger partial charge in [0.05, 0.1) is 7.11 Å². The predicted molar refractivity (Wildman–Crippen MR) is 54.7 cm³/mol. The molecule has 0 aliphatic heterocycles. The van der Waals surface area contributed by atoms with Crippen LogP contribution in [-0.2, 0) is 0 Å². The zero-order valence-electron chi connectivity index (χ0n) is 7.82. The van der Waals surface area contributed by atoms with Gasteiger partial charge in [-0.3, -0.25) is 4.79 Å². The maximum atomic E-state index is 11.6. The molecule has 0 bridgehead atoms. The Morgan fingerprint density at radius 3 is 3.07 bits per heavy atom. The van der Waals surface area contributed by atoms with E-state index in [2.05, 4.69) is 5.32 Å². The molecule has 14 heavy (non-hydrogen) atoms. The third-order valence-electron chi connectivity index (χ3n) is 2.21. The molecular formula is C9H12N2O2S. The van der Waals surface area contributed by atoms with Crippen molar-refractivity contribution in [3.05, 3.63) is 16.3 Å². The van der Waals surface area contributed by atoms with Crippen molar-refractivity contribution in [3.63, 3.8) is 0 Å². The average Bonchev–Trinajstić information content (AvgIpc) is 2.72. The van der Waals surface area contributed by atoms with Gasteiger partial charge in [-0.2, -0.15) is 0 Å². The number of carbonyl (C=O) groups is 1. The molecule has 1 aliphatic rings. The molecule has 4 nitrogen and oxygen atoms in total. The normalized spacial score (nSPS) is 24.4. The van der Waals surface area contributed by atoms with E-state index in [1.54, 1.807) is 13.2 Å². The highest BCUT2D eigenvalue weighted by Gasteiger charge is 2.35. The Labute approximate surface area is 86.1 Å². The van der Waals surface area contributed by atoms with E-state index in [0.29, 0.717) is 10.6 Å². The lowest BCUT2D eigenvalue weighted by Gasteiger charge is -2.03. The second-order valence-electron chi connectivity index (χ2n) is 3.30. The van der Waals surface area contributed by atoms with Crippen LogP contribution in [-0.4, -0.2) is 25.1 Å². The molecule has 1 fully saturated rings. The molecule has 3 N–H and O–H groups in total. The number of amides is 1.